The van der Waals surface area contributed by atoms with Gasteiger partial charge in [-0.3, -0.25) is 14.2 Å². The average Bonchev–Trinajstić information content (AvgIpc) is 2.84. The molecule has 2 N–H and O–H groups in total. The monoisotopic (exact) mass is 320 g/mol. The largest absolute Gasteiger partial charge is 0.394 e. The highest BCUT2D eigenvalue weighted by atomic mass is 32.1. The summed E-state index contributed by atoms with van der Waals surface area (Å²) in [5, 5.41) is 14.0. The molecule has 0 saturated heterocycles. The standard InChI is InChI=1S/C16H20N2O3S/c1-3-12-4-6-13(7-5-12)14(9-19)17-15(20)8-18-11(2)10-22-16(18)21/h4-7,10,14,19H,3,8-9H2,1-2H3,(H,17,20). The van der Waals surface area contributed by atoms with E-state index in [4.69, 9.17) is 0 Å². The van der Waals surface area contributed by atoms with Gasteiger partial charge in [-0.05, 0) is 24.5 Å². The van der Waals surface area contributed by atoms with Gasteiger partial charge in [-0.15, -0.1) is 0 Å². The molecule has 2 aromatic rings. The number of aliphatic hydroxyl groups is 1. The van der Waals surface area contributed by atoms with Crippen molar-refractivity contribution in [2.45, 2.75) is 32.9 Å². The Morgan fingerprint density at radius 2 is 2.05 bits per heavy atom. The lowest BCUT2D eigenvalue weighted by atomic mass is 10.0. The lowest BCUT2D eigenvalue weighted by Crippen LogP contribution is -2.35. The van der Waals surface area contributed by atoms with Crippen molar-refractivity contribution in [1.29, 1.82) is 0 Å². The predicted molar refractivity (Wildman–Crippen MR) is 87.1 cm³/mol. The molecule has 22 heavy (non-hydrogen) atoms. The zero-order valence-electron chi connectivity index (χ0n) is 12.7. The number of benzene rings is 1. The second-order valence-corrected chi connectivity index (χ2v) is 5.95. The topological polar surface area (TPSA) is 71.3 Å². The molecule has 0 bridgehead atoms. The fourth-order valence-electron chi connectivity index (χ4n) is 2.20. The van der Waals surface area contributed by atoms with E-state index in [-0.39, 0.29) is 23.9 Å². The van der Waals surface area contributed by atoms with Crippen molar-refractivity contribution in [3.8, 4) is 0 Å². The number of carbonyl (C=O) groups excluding carboxylic acids is 1. The predicted octanol–water partition coefficient (Wildman–Crippen LogP) is 1.63. The first-order valence-electron chi connectivity index (χ1n) is 7.19. The Balaban J connectivity index is 2.06. The third-order valence-corrected chi connectivity index (χ3v) is 4.47. The lowest BCUT2D eigenvalue weighted by molar-refractivity contribution is -0.122. The Morgan fingerprint density at radius 3 is 2.55 bits per heavy atom. The third-order valence-electron chi connectivity index (χ3n) is 3.59. The van der Waals surface area contributed by atoms with Crippen LogP contribution in [0.2, 0.25) is 0 Å². The quantitative estimate of drug-likeness (QED) is 0.850. The fourth-order valence-corrected chi connectivity index (χ4v) is 2.93. The minimum absolute atomic E-state index is 0.0300. The number of aliphatic hydroxyl groups excluding tert-OH is 1. The highest BCUT2D eigenvalue weighted by molar-refractivity contribution is 7.07. The van der Waals surface area contributed by atoms with Crippen molar-refractivity contribution < 1.29 is 9.90 Å². The summed E-state index contributed by atoms with van der Waals surface area (Å²) in [6.45, 7) is 3.64. The lowest BCUT2D eigenvalue weighted by Gasteiger charge is -2.17. The van der Waals surface area contributed by atoms with Crippen molar-refractivity contribution in [1.82, 2.24) is 9.88 Å². The summed E-state index contributed by atoms with van der Waals surface area (Å²) in [4.78, 5) is 23.6. The summed E-state index contributed by atoms with van der Waals surface area (Å²) in [6, 6.07) is 7.31. The van der Waals surface area contributed by atoms with E-state index in [2.05, 4.69) is 12.2 Å². The third kappa shape index (κ3) is 3.84. The molecule has 0 fully saturated rings. The number of hydrogen-bond acceptors (Lipinski definition) is 4. The second kappa shape index (κ2) is 7.38. The molecule has 1 heterocycles. The average molecular weight is 320 g/mol. The van der Waals surface area contributed by atoms with Crippen LogP contribution in [0.5, 0.6) is 0 Å². The van der Waals surface area contributed by atoms with E-state index in [1.54, 1.807) is 12.3 Å². The van der Waals surface area contributed by atoms with Gasteiger partial charge in [0.2, 0.25) is 5.91 Å². The van der Waals surface area contributed by atoms with Gasteiger partial charge in [0.25, 0.3) is 0 Å². The second-order valence-electron chi connectivity index (χ2n) is 5.13. The number of nitrogens with zero attached hydrogens (tertiary/aromatic N) is 1. The Bertz CT molecular complexity index is 688. The molecule has 1 aromatic carbocycles. The van der Waals surface area contributed by atoms with E-state index >= 15 is 0 Å². The van der Waals surface area contributed by atoms with E-state index < -0.39 is 6.04 Å². The van der Waals surface area contributed by atoms with E-state index in [0.29, 0.717) is 0 Å². The molecule has 0 saturated carbocycles. The Kier molecular flexibility index (Phi) is 5.51. The first-order valence-corrected chi connectivity index (χ1v) is 8.07. The van der Waals surface area contributed by atoms with Crippen molar-refractivity contribution in [2.24, 2.45) is 0 Å². The van der Waals surface area contributed by atoms with Crippen LogP contribution in [0.25, 0.3) is 0 Å². The molecule has 0 aliphatic carbocycles. The zero-order valence-corrected chi connectivity index (χ0v) is 13.5. The molecule has 1 unspecified atom stereocenters. The number of thiazole rings is 1. The summed E-state index contributed by atoms with van der Waals surface area (Å²) in [5.74, 6) is -0.290. The Labute approximate surface area is 133 Å². The fraction of sp³-hybridized carbons (Fsp3) is 0.375. The highest BCUT2D eigenvalue weighted by Gasteiger charge is 2.15. The van der Waals surface area contributed by atoms with Gasteiger partial charge >= 0.3 is 4.87 Å². The molecule has 118 valence electrons. The Hall–Kier alpha value is -1.92. The molecule has 6 heteroatoms. The molecule has 0 aliphatic heterocycles. The van der Waals surface area contributed by atoms with Crippen LogP contribution in [0.15, 0.2) is 34.4 Å². The molecule has 5 nitrogen and oxygen atoms in total. The van der Waals surface area contributed by atoms with E-state index in [1.165, 1.54) is 10.1 Å². The summed E-state index contributed by atoms with van der Waals surface area (Å²) >= 11 is 1.08. The maximum Gasteiger partial charge on any atom is 0.307 e. The summed E-state index contributed by atoms with van der Waals surface area (Å²) in [7, 11) is 0. The van der Waals surface area contributed by atoms with Crippen LogP contribution >= 0.6 is 11.3 Å². The maximum absolute atomic E-state index is 12.1. The van der Waals surface area contributed by atoms with Crippen molar-refractivity contribution >= 4 is 17.2 Å². The van der Waals surface area contributed by atoms with E-state index in [0.717, 1.165) is 29.0 Å². The smallest absolute Gasteiger partial charge is 0.307 e. The van der Waals surface area contributed by atoms with Crippen LogP contribution < -0.4 is 10.2 Å². The van der Waals surface area contributed by atoms with Gasteiger partial charge < -0.3 is 10.4 Å². The van der Waals surface area contributed by atoms with Gasteiger partial charge in [0, 0.05) is 11.1 Å². The van der Waals surface area contributed by atoms with E-state index in [1.807, 2.05) is 24.3 Å². The van der Waals surface area contributed by atoms with Crippen molar-refractivity contribution in [2.75, 3.05) is 6.61 Å². The number of amides is 1. The summed E-state index contributed by atoms with van der Waals surface area (Å²) in [5.41, 5.74) is 2.81. The van der Waals surface area contributed by atoms with Gasteiger partial charge in [-0.2, -0.15) is 0 Å². The zero-order chi connectivity index (χ0) is 16.1. The molecule has 2 rings (SSSR count). The number of rotatable bonds is 6. The van der Waals surface area contributed by atoms with Crippen LogP contribution in [0.3, 0.4) is 0 Å². The van der Waals surface area contributed by atoms with Crippen molar-refractivity contribution in [3.05, 3.63) is 56.1 Å². The van der Waals surface area contributed by atoms with Crippen LogP contribution in [0.1, 0.15) is 29.8 Å². The van der Waals surface area contributed by atoms with Gasteiger partial charge in [-0.25, -0.2) is 0 Å². The van der Waals surface area contributed by atoms with Gasteiger partial charge in [0.15, 0.2) is 0 Å². The molecule has 0 radical (unpaired) electrons. The molecule has 1 amide bonds. The molecule has 1 aromatic heterocycles. The first-order chi connectivity index (χ1) is 10.5. The molecular formula is C16H20N2O3S. The number of aromatic nitrogens is 1. The van der Waals surface area contributed by atoms with Crippen molar-refractivity contribution in [3.63, 3.8) is 0 Å². The summed E-state index contributed by atoms with van der Waals surface area (Å²) < 4.78 is 1.43. The Morgan fingerprint density at radius 1 is 1.36 bits per heavy atom. The van der Waals surface area contributed by atoms with Gasteiger partial charge in [0.05, 0.1) is 12.6 Å². The molecule has 1 atom stereocenters. The normalized spacial score (nSPS) is 12.1. The SMILES string of the molecule is CCc1ccc(C(CO)NC(=O)Cn2c(C)csc2=O)cc1. The number of hydrogen-bond donors (Lipinski definition) is 2. The van der Waals surface area contributed by atoms with Crippen LogP contribution in [-0.4, -0.2) is 22.2 Å². The molecule has 0 spiro atoms. The van der Waals surface area contributed by atoms with Crippen LogP contribution in [0.4, 0.5) is 0 Å². The number of nitrogens with one attached hydrogen (secondary N) is 1. The summed E-state index contributed by atoms with van der Waals surface area (Å²) in [6.07, 6.45) is 0.941. The van der Waals surface area contributed by atoms with Crippen LogP contribution in [0, 0.1) is 6.92 Å². The first kappa shape index (κ1) is 16.5. The molecular weight excluding hydrogens is 300 g/mol. The highest BCUT2D eigenvalue weighted by Crippen LogP contribution is 2.14. The van der Waals surface area contributed by atoms with Gasteiger partial charge in [0.1, 0.15) is 6.54 Å². The minimum atomic E-state index is -0.465. The number of carbonyl (C=O) groups is 1. The molecule has 0 aliphatic rings. The van der Waals surface area contributed by atoms with Gasteiger partial charge in [-0.1, -0.05) is 42.5 Å². The van der Waals surface area contributed by atoms with Crippen LogP contribution in [-0.2, 0) is 17.8 Å². The van der Waals surface area contributed by atoms with E-state index in [9.17, 15) is 14.7 Å². The minimum Gasteiger partial charge on any atom is -0.394 e. The maximum atomic E-state index is 12.1. The number of aryl methyl sites for hydroxylation is 2.